The molecule has 0 aliphatic heterocycles. The van der Waals surface area contributed by atoms with E-state index in [4.69, 9.17) is 0 Å². The van der Waals surface area contributed by atoms with Crippen LogP contribution in [-0.2, 0) is 4.79 Å². The van der Waals surface area contributed by atoms with Crippen molar-refractivity contribution in [3.05, 3.63) is 36.0 Å². The van der Waals surface area contributed by atoms with Crippen molar-refractivity contribution in [1.82, 2.24) is 0 Å². The average Bonchev–Trinajstić information content (AvgIpc) is 2.22. The van der Waals surface area contributed by atoms with Gasteiger partial charge < -0.3 is 0 Å². The lowest BCUT2D eigenvalue weighted by Gasteiger charge is -2.16. The van der Waals surface area contributed by atoms with Crippen molar-refractivity contribution in [3.63, 3.8) is 0 Å². The molecule has 0 saturated heterocycles. The molecule has 0 N–H and O–H groups in total. The number of hydrogen-bond donors (Lipinski definition) is 0. The number of ketones is 1. The number of carbonyl (C=O) groups excluding carboxylic acids is 1. The number of rotatable bonds is 1. The van der Waals surface area contributed by atoms with Gasteiger partial charge in [0.25, 0.3) is 0 Å². The SMILES string of the molecule is CC(=O)C1/C=C\C(C)C(C)/C=C\CC=C1C. The Labute approximate surface area is 98.9 Å². The summed E-state index contributed by atoms with van der Waals surface area (Å²) in [5, 5.41) is 0. The monoisotopic (exact) mass is 218 g/mol. The zero-order valence-corrected chi connectivity index (χ0v) is 10.7. The van der Waals surface area contributed by atoms with Gasteiger partial charge in [-0.2, -0.15) is 0 Å². The Morgan fingerprint density at radius 2 is 1.81 bits per heavy atom. The molecule has 0 aromatic rings. The third-order valence-electron chi connectivity index (χ3n) is 3.38. The van der Waals surface area contributed by atoms with Crippen LogP contribution in [0.4, 0.5) is 0 Å². The summed E-state index contributed by atoms with van der Waals surface area (Å²) in [4.78, 5) is 11.6. The second-order valence-electron chi connectivity index (χ2n) is 4.80. The molecule has 1 rings (SSSR count). The Morgan fingerprint density at radius 1 is 1.19 bits per heavy atom. The Kier molecular flexibility index (Phi) is 4.72. The van der Waals surface area contributed by atoms with Gasteiger partial charge in [0.15, 0.2) is 0 Å². The van der Waals surface area contributed by atoms with Gasteiger partial charge in [-0.15, -0.1) is 0 Å². The zero-order chi connectivity index (χ0) is 12.1. The molecule has 0 heterocycles. The molecule has 1 aliphatic carbocycles. The second-order valence-corrected chi connectivity index (χ2v) is 4.80. The fourth-order valence-electron chi connectivity index (χ4n) is 1.92. The Balaban J connectivity index is 2.98. The molecule has 1 heteroatoms. The van der Waals surface area contributed by atoms with Gasteiger partial charge in [-0.25, -0.2) is 0 Å². The topological polar surface area (TPSA) is 17.1 Å². The predicted molar refractivity (Wildman–Crippen MR) is 69.2 cm³/mol. The van der Waals surface area contributed by atoms with Gasteiger partial charge in [0, 0.05) is 0 Å². The van der Waals surface area contributed by atoms with Crippen LogP contribution in [0.5, 0.6) is 0 Å². The first kappa shape index (κ1) is 13.0. The van der Waals surface area contributed by atoms with Gasteiger partial charge in [-0.05, 0) is 32.1 Å². The lowest BCUT2D eigenvalue weighted by atomic mass is 9.89. The molecule has 0 amide bonds. The molecule has 88 valence electrons. The first-order valence-corrected chi connectivity index (χ1v) is 6.04. The molecule has 0 saturated carbocycles. The van der Waals surface area contributed by atoms with Crippen LogP contribution in [-0.4, -0.2) is 5.78 Å². The molecule has 0 fully saturated rings. The van der Waals surface area contributed by atoms with Crippen molar-refractivity contribution in [2.45, 2.75) is 34.1 Å². The zero-order valence-electron chi connectivity index (χ0n) is 10.7. The van der Waals surface area contributed by atoms with Crippen molar-refractivity contribution in [2.24, 2.45) is 17.8 Å². The summed E-state index contributed by atoms with van der Waals surface area (Å²) in [5.74, 6) is 1.23. The average molecular weight is 218 g/mol. The fourth-order valence-corrected chi connectivity index (χ4v) is 1.92. The molecule has 16 heavy (non-hydrogen) atoms. The Bertz CT molecular complexity index is 333. The van der Waals surface area contributed by atoms with Crippen LogP contribution < -0.4 is 0 Å². The maximum absolute atomic E-state index is 11.6. The molecule has 1 aliphatic rings. The van der Waals surface area contributed by atoms with E-state index in [-0.39, 0.29) is 11.7 Å². The number of hydrogen-bond acceptors (Lipinski definition) is 1. The fraction of sp³-hybridized carbons (Fsp3) is 0.533. The van der Waals surface area contributed by atoms with E-state index in [0.29, 0.717) is 11.8 Å². The molecule has 0 bridgehead atoms. The third kappa shape index (κ3) is 3.48. The van der Waals surface area contributed by atoms with Gasteiger partial charge in [0.1, 0.15) is 5.78 Å². The quantitative estimate of drug-likeness (QED) is 0.609. The Morgan fingerprint density at radius 3 is 2.44 bits per heavy atom. The van der Waals surface area contributed by atoms with Crippen LogP contribution in [0.1, 0.15) is 34.1 Å². The van der Waals surface area contributed by atoms with Crippen molar-refractivity contribution in [2.75, 3.05) is 0 Å². The number of Topliss-reactive ketones (excluding diaryl/α,β-unsaturated/α-hetero) is 1. The first-order valence-electron chi connectivity index (χ1n) is 6.04. The van der Waals surface area contributed by atoms with E-state index >= 15 is 0 Å². The van der Waals surface area contributed by atoms with Crippen molar-refractivity contribution in [3.8, 4) is 0 Å². The summed E-state index contributed by atoms with van der Waals surface area (Å²) in [5.41, 5.74) is 1.16. The van der Waals surface area contributed by atoms with E-state index < -0.39 is 0 Å². The predicted octanol–water partition coefficient (Wildman–Crippen LogP) is 3.93. The summed E-state index contributed by atoms with van der Waals surface area (Å²) in [6, 6.07) is 0. The van der Waals surface area contributed by atoms with E-state index in [1.807, 2.05) is 6.92 Å². The second kappa shape index (κ2) is 5.83. The van der Waals surface area contributed by atoms with E-state index in [1.54, 1.807) is 6.92 Å². The maximum atomic E-state index is 11.6. The lowest BCUT2D eigenvalue weighted by Crippen LogP contribution is -2.11. The van der Waals surface area contributed by atoms with Gasteiger partial charge >= 0.3 is 0 Å². The first-order chi connectivity index (χ1) is 7.52. The van der Waals surface area contributed by atoms with Crippen LogP contribution >= 0.6 is 0 Å². The standard InChI is InChI=1S/C15H22O/c1-11-7-5-6-8-13(3)15(14(4)16)10-9-12(11)2/h5,7-12,15H,6H2,1-4H3/b7-5-,10-9-,13-8?. The normalized spacial score (nSPS) is 35.0. The molecular formula is C15H22O. The summed E-state index contributed by atoms with van der Waals surface area (Å²) in [6.07, 6.45) is 11.8. The van der Waals surface area contributed by atoms with Gasteiger partial charge in [0.05, 0.1) is 5.92 Å². The summed E-state index contributed by atoms with van der Waals surface area (Å²) in [7, 11) is 0. The maximum Gasteiger partial charge on any atom is 0.140 e. The highest BCUT2D eigenvalue weighted by molar-refractivity contribution is 5.83. The van der Waals surface area contributed by atoms with Gasteiger partial charge in [0.2, 0.25) is 0 Å². The minimum atomic E-state index is -0.0267. The highest BCUT2D eigenvalue weighted by Gasteiger charge is 2.14. The number of allylic oxidation sites excluding steroid dienone is 6. The molecular weight excluding hydrogens is 196 g/mol. The van der Waals surface area contributed by atoms with Crippen LogP contribution in [0, 0.1) is 17.8 Å². The van der Waals surface area contributed by atoms with E-state index in [1.165, 1.54) is 0 Å². The smallest absolute Gasteiger partial charge is 0.140 e. The molecule has 0 spiro atoms. The lowest BCUT2D eigenvalue weighted by molar-refractivity contribution is -0.118. The molecule has 3 atom stereocenters. The highest BCUT2D eigenvalue weighted by atomic mass is 16.1. The minimum absolute atomic E-state index is 0.0267. The van der Waals surface area contributed by atoms with Gasteiger partial charge in [-0.3, -0.25) is 4.79 Å². The molecule has 0 aromatic heterocycles. The van der Waals surface area contributed by atoms with Gasteiger partial charge in [-0.1, -0.05) is 49.8 Å². The van der Waals surface area contributed by atoms with Crippen LogP contribution in [0.3, 0.4) is 0 Å². The molecule has 0 aromatic carbocycles. The van der Waals surface area contributed by atoms with Crippen LogP contribution in [0.2, 0.25) is 0 Å². The van der Waals surface area contributed by atoms with Crippen molar-refractivity contribution < 1.29 is 4.79 Å². The van der Waals surface area contributed by atoms with Crippen molar-refractivity contribution in [1.29, 1.82) is 0 Å². The third-order valence-corrected chi connectivity index (χ3v) is 3.38. The van der Waals surface area contributed by atoms with Crippen molar-refractivity contribution >= 4 is 5.78 Å². The summed E-state index contributed by atoms with van der Waals surface area (Å²) >= 11 is 0. The minimum Gasteiger partial charge on any atom is -0.299 e. The van der Waals surface area contributed by atoms with E-state index in [2.05, 4.69) is 44.2 Å². The highest BCUT2D eigenvalue weighted by Crippen LogP contribution is 2.21. The number of carbonyl (C=O) groups is 1. The summed E-state index contributed by atoms with van der Waals surface area (Å²) in [6.45, 7) is 8.12. The Hall–Kier alpha value is -1.11. The molecule has 0 radical (unpaired) electrons. The van der Waals surface area contributed by atoms with Crippen LogP contribution in [0.15, 0.2) is 36.0 Å². The largest absolute Gasteiger partial charge is 0.299 e. The molecule has 3 unspecified atom stereocenters. The summed E-state index contributed by atoms with van der Waals surface area (Å²) < 4.78 is 0. The van der Waals surface area contributed by atoms with E-state index in [9.17, 15) is 4.79 Å². The molecule has 1 nitrogen and oxygen atoms in total. The van der Waals surface area contributed by atoms with E-state index in [0.717, 1.165) is 12.0 Å². The van der Waals surface area contributed by atoms with Crippen LogP contribution in [0.25, 0.3) is 0 Å².